The number of allylic oxidation sites excluding steroid dienone is 1. The fourth-order valence-electron chi connectivity index (χ4n) is 3.33. The largest absolute Gasteiger partial charge is 0.454 e. The first kappa shape index (κ1) is 24.4. The molecule has 0 spiro atoms. The van der Waals surface area contributed by atoms with Crippen LogP contribution in [-0.2, 0) is 26.7 Å². The molecule has 0 radical (unpaired) electrons. The number of nitrogens with zero attached hydrogens (tertiary/aromatic N) is 3. The van der Waals surface area contributed by atoms with Crippen molar-refractivity contribution in [2.24, 2.45) is 12.0 Å². The van der Waals surface area contributed by atoms with Crippen LogP contribution in [0.1, 0.15) is 68.6 Å². The predicted octanol–water partition coefficient (Wildman–Crippen LogP) is 5.22. The van der Waals surface area contributed by atoms with Crippen molar-refractivity contribution in [2.75, 3.05) is 13.8 Å². The highest BCUT2D eigenvalue weighted by Crippen LogP contribution is 2.31. The zero-order valence-corrected chi connectivity index (χ0v) is 20.1. The molecule has 1 aromatic heterocycles. The highest BCUT2D eigenvalue weighted by Gasteiger charge is 2.21. The maximum atomic E-state index is 11.8. The van der Waals surface area contributed by atoms with Gasteiger partial charge in [0.25, 0.3) is 0 Å². The summed E-state index contributed by atoms with van der Waals surface area (Å²) in [5.74, 6) is 0.305. The number of esters is 1. The molecule has 0 aliphatic rings. The van der Waals surface area contributed by atoms with Gasteiger partial charge in [0, 0.05) is 37.9 Å². The van der Waals surface area contributed by atoms with E-state index >= 15 is 0 Å². The van der Waals surface area contributed by atoms with E-state index in [0.29, 0.717) is 12.2 Å². The molecule has 0 atom stereocenters. The summed E-state index contributed by atoms with van der Waals surface area (Å²) in [7, 11) is 3.61. The van der Waals surface area contributed by atoms with Crippen molar-refractivity contribution in [3.8, 4) is 0 Å². The summed E-state index contributed by atoms with van der Waals surface area (Å²) in [5, 5.41) is 4.54. The van der Waals surface area contributed by atoms with Gasteiger partial charge >= 0.3 is 5.97 Å². The highest BCUT2D eigenvalue weighted by molar-refractivity contribution is 6.18. The molecule has 2 rings (SSSR count). The minimum atomic E-state index is -0.278. The lowest BCUT2D eigenvalue weighted by Crippen LogP contribution is -2.12. The standard InChI is InChI=1S/C25H35N3O3/c1-9-10-22(29)30-16-31-24(23-17(2)18(3)27-28(23)8)21(15-26-7)19-11-13-20(14-12-19)25(4,5)6/h11-15H,9-10,16H2,1-8H3/b24-21-,26-15?. The summed E-state index contributed by atoms with van der Waals surface area (Å²) in [4.78, 5) is 16.1. The molecule has 168 valence electrons. The van der Waals surface area contributed by atoms with Crippen LogP contribution in [0.2, 0.25) is 0 Å². The minimum Gasteiger partial charge on any atom is -0.454 e. The summed E-state index contributed by atoms with van der Waals surface area (Å²) < 4.78 is 13.1. The third-order valence-electron chi connectivity index (χ3n) is 5.18. The van der Waals surface area contributed by atoms with Gasteiger partial charge in [-0.05, 0) is 36.8 Å². The number of rotatable bonds is 8. The molecule has 31 heavy (non-hydrogen) atoms. The number of hydrogen-bond acceptors (Lipinski definition) is 5. The molecule has 0 aliphatic carbocycles. The van der Waals surface area contributed by atoms with Gasteiger partial charge in [-0.25, -0.2) is 0 Å². The first-order chi connectivity index (χ1) is 14.6. The molecule has 0 saturated heterocycles. The van der Waals surface area contributed by atoms with Crippen LogP contribution in [0, 0.1) is 13.8 Å². The third kappa shape index (κ3) is 6.06. The van der Waals surface area contributed by atoms with Gasteiger partial charge in [0.2, 0.25) is 6.79 Å². The van der Waals surface area contributed by atoms with Crippen LogP contribution < -0.4 is 0 Å². The van der Waals surface area contributed by atoms with Gasteiger partial charge in [0.15, 0.2) is 5.76 Å². The molecule has 6 nitrogen and oxygen atoms in total. The van der Waals surface area contributed by atoms with E-state index in [9.17, 15) is 4.79 Å². The monoisotopic (exact) mass is 425 g/mol. The van der Waals surface area contributed by atoms with Crippen LogP contribution in [0.25, 0.3) is 11.3 Å². The minimum absolute atomic E-state index is 0.0593. The quantitative estimate of drug-likeness (QED) is 0.252. The first-order valence-electron chi connectivity index (χ1n) is 10.7. The Morgan fingerprint density at radius 3 is 2.29 bits per heavy atom. The maximum absolute atomic E-state index is 11.8. The van der Waals surface area contributed by atoms with Gasteiger partial charge in [0.05, 0.1) is 5.69 Å². The van der Waals surface area contributed by atoms with Crippen molar-refractivity contribution in [1.29, 1.82) is 0 Å². The van der Waals surface area contributed by atoms with E-state index in [0.717, 1.165) is 34.5 Å². The average molecular weight is 426 g/mol. The Morgan fingerprint density at radius 1 is 1.16 bits per heavy atom. The van der Waals surface area contributed by atoms with Crippen LogP contribution in [0.15, 0.2) is 29.3 Å². The number of carbonyl (C=O) groups excluding carboxylic acids is 1. The van der Waals surface area contributed by atoms with Crippen LogP contribution in [-0.4, -0.2) is 35.8 Å². The lowest BCUT2D eigenvalue weighted by atomic mass is 9.86. The highest BCUT2D eigenvalue weighted by atomic mass is 16.7. The summed E-state index contributed by atoms with van der Waals surface area (Å²) in [6.07, 6.45) is 2.87. The Labute approximate surface area is 186 Å². The zero-order valence-electron chi connectivity index (χ0n) is 20.1. The zero-order chi connectivity index (χ0) is 23.2. The van der Waals surface area contributed by atoms with Crippen molar-refractivity contribution in [3.63, 3.8) is 0 Å². The summed E-state index contributed by atoms with van der Waals surface area (Å²) in [6.45, 7) is 12.3. The molecule has 0 saturated carbocycles. The van der Waals surface area contributed by atoms with Crippen molar-refractivity contribution < 1.29 is 14.3 Å². The maximum Gasteiger partial charge on any atom is 0.308 e. The van der Waals surface area contributed by atoms with Gasteiger partial charge in [-0.1, -0.05) is 52.0 Å². The van der Waals surface area contributed by atoms with E-state index in [1.807, 2.05) is 27.8 Å². The van der Waals surface area contributed by atoms with Gasteiger partial charge in [-0.2, -0.15) is 5.10 Å². The normalized spacial score (nSPS) is 12.8. The fourth-order valence-corrected chi connectivity index (χ4v) is 3.33. The van der Waals surface area contributed by atoms with Crippen LogP contribution in [0.3, 0.4) is 0 Å². The molecular weight excluding hydrogens is 390 g/mol. The van der Waals surface area contributed by atoms with Crippen molar-refractivity contribution >= 4 is 23.5 Å². The van der Waals surface area contributed by atoms with Crippen LogP contribution in [0.5, 0.6) is 0 Å². The average Bonchev–Trinajstić information content (AvgIpc) is 2.95. The number of ether oxygens (including phenoxy) is 2. The Hall–Kier alpha value is -2.89. The smallest absolute Gasteiger partial charge is 0.308 e. The fraction of sp³-hybridized carbons (Fsp3) is 0.480. The molecule has 0 unspecified atom stereocenters. The summed E-state index contributed by atoms with van der Waals surface area (Å²) >= 11 is 0. The Bertz CT molecular complexity index is 961. The summed E-state index contributed by atoms with van der Waals surface area (Å²) in [5.41, 5.74) is 5.82. The van der Waals surface area contributed by atoms with Crippen molar-refractivity contribution in [2.45, 2.75) is 59.8 Å². The molecule has 0 bridgehead atoms. The topological polar surface area (TPSA) is 65.7 Å². The second-order valence-electron chi connectivity index (χ2n) is 8.67. The van der Waals surface area contributed by atoms with E-state index in [4.69, 9.17) is 9.47 Å². The van der Waals surface area contributed by atoms with Gasteiger partial charge < -0.3 is 9.47 Å². The van der Waals surface area contributed by atoms with Crippen LogP contribution >= 0.6 is 0 Å². The Morgan fingerprint density at radius 2 is 1.81 bits per heavy atom. The molecule has 1 heterocycles. The molecular formula is C25H35N3O3. The molecule has 0 N–H and O–H groups in total. The third-order valence-corrected chi connectivity index (χ3v) is 5.18. The van der Waals surface area contributed by atoms with E-state index in [1.54, 1.807) is 17.9 Å². The molecule has 0 fully saturated rings. The lowest BCUT2D eigenvalue weighted by Gasteiger charge is -2.20. The Balaban J connectivity index is 2.58. The van der Waals surface area contributed by atoms with Gasteiger partial charge in [-0.3, -0.25) is 14.5 Å². The number of hydrogen-bond donors (Lipinski definition) is 0. The number of aliphatic imine (C=N–C) groups is 1. The van der Waals surface area contributed by atoms with E-state index in [1.165, 1.54) is 5.56 Å². The Kier molecular flexibility index (Phi) is 8.20. The molecule has 1 aromatic carbocycles. The van der Waals surface area contributed by atoms with Crippen molar-refractivity contribution in [3.05, 3.63) is 52.3 Å². The van der Waals surface area contributed by atoms with Gasteiger partial charge in [-0.15, -0.1) is 0 Å². The predicted molar refractivity (Wildman–Crippen MR) is 126 cm³/mol. The molecule has 2 aromatic rings. The number of benzene rings is 1. The number of carbonyl (C=O) groups is 1. The number of aryl methyl sites for hydroxylation is 2. The second-order valence-corrected chi connectivity index (χ2v) is 8.67. The molecule has 0 aliphatic heterocycles. The second kappa shape index (κ2) is 10.4. The van der Waals surface area contributed by atoms with Gasteiger partial charge in [0.1, 0.15) is 5.69 Å². The van der Waals surface area contributed by atoms with Crippen molar-refractivity contribution in [1.82, 2.24) is 9.78 Å². The van der Waals surface area contributed by atoms with E-state index < -0.39 is 0 Å². The summed E-state index contributed by atoms with van der Waals surface area (Å²) in [6, 6.07) is 8.39. The van der Waals surface area contributed by atoms with E-state index in [2.05, 4.69) is 55.1 Å². The van der Waals surface area contributed by atoms with E-state index in [-0.39, 0.29) is 18.2 Å². The SMILES string of the molecule is CCCC(=O)OCO/C(=C(/C=NC)c1ccc(C(C)(C)C)cc1)c1c(C)c(C)nn1C. The van der Waals surface area contributed by atoms with Crippen LogP contribution in [0.4, 0.5) is 0 Å². The first-order valence-corrected chi connectivity index (χ1v) is 10.7. The molecule has 0 amide bonds. The molecule has 6 heteroatoms. The lowest BCUT2D eigenvalue weighted by molar-refractivity contribution is -0.151. The number of aromatic nitrogens is 2.